The molecule has 28 heavy (non-hydrogen) atoms. The molecule has 3 rings (SSSR count). The average molecular weight is 420 g/mol. The summed E-state index contributed by atoms with van der Waals surface area (Å²) < 4.78 is 0.443. The van der Waals surface area contributed by atoms with Crippen molar-refractivity contribution in [2.24, 2.45) is 0 Å². The van der Waals surface area contributed by atoms with Crippen LogP contribution in [0.5, 0.6) is 0 Å². The molecule has 1 atom stereocenters. The second kappa shape index (κ2) is 8.99. The number of rotatable bonds is 6. The van der Waals surface area contributed by atoms with Crippen LogP contribution in [0, 0.1) is 0 Å². The summed E-state index contributed by atoms with van der Waals surface area (Å²) in [7, 11) is 0. The van der Waals surface area contributed by atoms with Gasteiger partial charge in [-0.05, 0) is 23.6 Å². The van der Waals surface area contributed by atoms with Crippen LogP contribution < -0.4 is 16.0 Å². The zero-order valence-corrected chi connectivity index (χ0v) is 16.4. The van der Waals surface area contributed by atoms with Gasteiger partial charge in [-0.25, -0.2) is 0 Å². The maximum Gasteiger partial charge on any atom is 0.249 e. The van der Waals surface area contributed by atoms with E-state index in [4.69, 9.17) is 11.6 Å². The van der Waals surface area contributed by atoms with Gasteiger partial charge in [-0.2, -0.15) is 0 Å². The van der Waals surface area contributed by atoms with Gasteiger partial charge in [-0.3, -0.25) is 24.5 Å². The minimum absolute atomic E-state index is 0.0398. The molecule has 0 bridgehead atoms. The number of carbonyl (C=O) groups is 4. The van der Waals surface area contributed by atoms with E-state index in [1.807, 2.05) is 30.3 Å². The molecule has 1 aliphatic heterocycles. The first-order chi connectivity index (χ1) is 13.4. The molecule has 1 saturated heterocycles. The molecule has 7 nitrogen and oxygen atoms in total. The Bertz CT molecular complexity index is 913. The van der Waals surface area contributed by atoms with Gasteiger partial charge in [0.15, 0.2) is 0 Å². The second-order valence-corrected chi connectivity index (χ2v) is 8.05. The molecule has 1 aromatic carbocycles. The fourth-order valence-corrected chi connectivity index (χ4v) is 4.02. The third-order valence-corrected chi connectivity index (χ3v) is 5.39. The van der Waals surface area contributed by atoms with Crippen molar-refractivity contribution in [2.45, 2.75) is 31.7 Å². The summed E-state index contributed by atoms with van der Waals surface area (Å²) in [5.74, 6) is -1.45. The first-order valence-electron chi connectivity index (χ1n) is 8.66. The maximum atomic E-state index is 12.3. The predicted octanol–water partition coefficient (Wildman–Crippen LogP) is 2.05. The fourth-order valence-electron chi connectivity index (χ4n) is 2.83. The first-order valence-corrected chi connectivity index (χ1v) is 9.85. The molecule has 9 heteroatoms. The number of nitrogens with one attached hydrogen (secondary N) is 3. The van der Waals surface area contributed by atoms with Gasteiger partial charge in [0.2, 0.25) is 23.6 Å². The molecule has 1 fully saturated rings. The number of amides is 4. The maximum absolute atomic E-state index is 12.3. The van der Waals surface area contributed by atoms with Gasteiger partial charge in [0.1, 0.15) is 11.0 Å². The molecule has 1 aliphatic rings. The fraction of sp³-hybridized carbons (Fsp3) is 0.263. The number of thiophene rings is 1. The van der Waals surface area contributed by atoms with Crippen LogP contribution >= 0.6 is 22.9 Å². The summed E-state index contributed by atoms with van der Waals surface area (Å²) >= 11 is 7.23. The lowest BCUT2D eigenvalue weighted by Crippen LogP contribution is -2.52. The van der Waals surface area contributed by atoms with E-state index < -0.39 is 11.9 Å². The summed E-state index contributed by atoms with van der Waals surface area (Å²) in [5.41, 5.74) is 1.45. The molecule has 0 aliphatic carbocycles. The van der Waals surface area contributed by atoms with Gasteiger partial charge in [-0.15, -0.1) is 11.3 Å². The Balaban J connectivity index is 1.60. The van der Waals surface area contributed by atoms with Crippen LogP contribution in [0.25, 0.3) is 0 Å². The molecule has 2 aromatic rings. The van der Waals surface area contributed by atoms with Crippen molar-refractivity contribution in [3.8, 4) is 0 Å². The Kier molecular flexibility index (Phi) is 6.43. The number of piperidine rings is 1. The highest BCUT2D eigenvalue weighted by Gasteiger charge is 2.28. The molecular formula is C19H18ClN3O4S. The first kappa shape index (κ1) is 20.0. The van der Waals surface area contributed by atoms with E-state index in [-0.39, 0.29) is 43.4 Å². The van der Waals surface area contributed by atoms with Crippen LogP contribution in [0.3, 0.4) is 0 Å². The molecule has 1 aromatic heterocycles. The minimum atomic E-state index is -0.740. The zero-order chi connectivity index (χ0) is 20.1. The number of hydrogen-bond acceptors (Lipinski definition) is 5. The van der Waals surface area contributed by atoms with E-state index in [0.717, 1.165) is 5.56 Å². The lowest BCUT2D eigenvalue weighted by Gasteiger charge is -2.21. The van der Waals surface area contributed by atoms with Crippen LogP contribution in [0.2, 0.25) is 4.34 Å². The monoisotopic (exact) mass is 419 g/mol. The van der Waals surface area contributed by atoms with Crippen molar-refractivity contribution in [2.75, 3.05) is 5.32 Å². The number of halogens is 1. The molecule has 0 radical (unpaired) electrons. The van der Waals surface area contributed by atoms with Crippen molar-refractivity contribution in [3.63, 3.8) is 0 Å². The molecule has 4 amide bonds. The van der Waals surface area contributed by atoms with Crippen molar-refractivity contribution >= 4 is 51.6 Å². The highest BCUT2D eigenvalue weighted by Crippen LogP contribution is 2.32. The van der Waals surface area contributed by atoms with Crippen molar-refractivity contribution in [3.05, 3.63) is 51.9 Å². The lowest BCUT2D eigenvalue weighted by atomic mass is 10.1. The van der Waals surface area contributed by atoms with Crippen molar-refractivity contribution in [1.29, 1.82) is 0 Å². The van der Waals surface area contributed by atoms with Crippen LogP contribution in [0.1, 0.15) is 24.0 Å². The third kappa shape index (κ3) is 5.40. The summed E-state index contributed by atoms with van der Waals surface area (Å²) in [6.07, 6.45) is 0.614. The SMILES string of the molecule is O=C1CCC(NC(=O)Cc2cc(Cl)sc2NC(=O)Cc2ccccc2)C(=O)N1. The Morgan fingerprint density at radius 1 is 1.14 bits per heavy atom. The lowest BCUT2D eigenvalue weighted by molar-refractivity contribution is -0.137. The molecule has 146 valence electrons. The normalized spacial score (nSPS) is 16.4. The number of anilines is 1. The predicted molar refractivity (Wildman–Crippen MR) is 106 cm³/mol. The van der Waals surface area contributed by atoms with E-state index in [0.29, 0.717) is 14.9 Å². The Morgan fingerprint density at radius 3 is 2.61 bits per heavy atom. The molecule has 1 unspecified atom stereocenters. The standard InChI is InChI=1S/C19H18ClN3O4S/c20-14-9-12(10-17(26)21-13-6-7-15(24)22-18(13)27)19(28-14)23-16(25)8-11-4-2-1-3-5-11/h1-5,9,13H,6-8,10H2,(H,21,26)(H,23,25)(H,22,24,27). The van der Waals surface area contributed by atoms with Gasteiger partial charge in [0.25, 0.3) is 0 Å². The molecule has 0 spiro atoms. The molecule has 0 saturated carbocycles. The number of imide groups is 1. The highest BCUT2D eigenvalue weighted by atomic mass is 35.5. The van der Waals surface area contributed by atoms with Crippen LogP contribution in [-0.2, 0) is 32.0 Å². The minimum Gasteiger partial charge on any atom is -0.344 e. The van der Waals surface area contributed by atoms with E-state index in [9.17, 15) is 19.2 Å². The van der Waals surface area contributed by atoms with Crippen LogP contribution in [0.4, 0.5) is 5.00 Å². The summed E-state index contributed by atoms with van der Waals surface area (Å²) in [4.78, 5) is 47.5. The summed E-state index contributed by atoms with van der Waals surface area (Å²) in [6.45, 7) is 0. The Labute approximate surface area is 170 Å². The highest BCUT2D eigenvalue weighted by molar-refractivity contribution is 7.20. The van der Waals surface area contributed by atoms with E-state index in [1.165, 1.54) is 11.3 Å². The summed E-state index contributed by atoms with van der Waals surface area (Å²) in [6, 6.07) is 10.2. The van der Waals surface area contributed by atoms with E-state index in [1.54, 1.807) is 6.07 Å². The van der Waals surface area contributed by atoms with Crippen LogP contribution in [0.15, 0.2) is 36.4 Å². The van der Waals surface area contributed by atoms with E-state index in [2.05, 4.69) is 16.0 Å². The van der Waals surface area contributed by atoms with Crippen LogP contribution in [-0.4, -0.2) is 29.7 Å². The average Bonchev–Trinajstić information content (AvgIpc) is 2.97. The van der Waals surface area contributed by atoms with Gasteiger partial charge in [0, 0.05) is 6.42 Å². The Morgan fingerprint density at radius 2 is 1.89 bits per heavy atom. The number of carbonyl (C=O) groups excluding carboxylic acids is 4. The van der Waals surface area contributed by atoms with E-state index >= 15 is 0 Å². The number of benzene rings is 1. The summed E-state index contributed by atoms with van der Waals surface area (Å²) in [5, 5.41) is 8.11. The largest absolute Gasteiger partial charge is 0.344 e. The Hall–Kier alpha value is -2.71. The number of hydrogen-bond donors (Lipinski definition) is 3. The van der Waals surface area contributed by atoms with Gasteiger partial charge < -0.3 is 10.6 Å². The van der Waals surface area contributed by atoms with Gasteiger partial charge in [0.05, 0.1) is 17.2 Å². The smallest absolute Gasteiger partial charge is 0.249 e. The molecule has 2 heterocycles. The quantitative estimate of drug-likeness (QED) is 0.623. The molecule has 3 N–H and O–H groups in total. The van der Waals surface area contributed by atoms with Crippen molar-refractivity contribution < 1.29 is 19.2 Å². The van der Waals surface area contributed by atoms with Crippen molar-refractivity contribution in [1.82, 2.24) is 10.6 Å². The second-order valence-electron chi connectivity index (χ2n) is 6.36. The zero-order valence-electron chi connectivity index (χ0n) is 14.8. The van der Waals surface area contributed by atoms with Gasteiger partial charge in [-0.1, -0.05) is 41.9 Å². The third-order valence-electron chi connectivity index (χ3n) is 4.16. The topological polar surface area (TPSA) is 104 Å². The molecular weight excluding hydrogens is 402 g/mol. The van der Waals surface area contributed by atoms with Gasteiger partial charge >= 0.3 is 0 Å².